The normalized spacial score (nSPS) is 12.5. The van der Waals surface area contributed by atoms with Gasteiger partial charge in [0.25, 0.3) is 0 Å². The first-order valence-corrected chi connectivity index (χ1v) is 6.39. The van der Waals surface area contributed by atoms with Gasteiger partial charge in [-0.25, -0.2) is 13.2 Å². The van der Waals surface area contributed by atoms with Crippen LogP contribution in [0.3, 0.4) is 0 Å². The molecule has 0 heterocycles. The Kier molecular flexibility index (Phi) is 4.35. The van der Waals surface area contributed by atoms with Gasteiger partial charge >= 0.3 is 0 Å². The molecule has 1 atom stereocenters. The van der Waals surface area contributed by atoms with Gasteiger partial charge in [0, 0.05) is 16.7 Å². The number of aryl methyl sites for hydroxylation is 1. The van der Waals surface area contributed by atoms with E-state index in [1.807, 2.05) is 13.0 Å². The summed E-state index contributed by atoms with van der Waals surface area (Å²) in [5.74, 6) is -3.12. The number of benzene rings is 2. The van der Waals surface area contributed by atoms with Crippen molar-refractivity contribution in [3.05, 3.63) is 69.5 Å². The molecule has 0 radical (unpaired) electrons. The van der Waals surface area contributed by atoms with Crippen molar-refractivity contribution in [2.75, 3.05) is 7.05 Å². The molecule has 0 amide bonds. The van der Waals surface area contributed by atoms with Crippen LogP contribution in [-0.2, 0) is 0 Å². The van der Waals surface area contributed by atoms with E-state index >= 15 is 0 Å². The minimum absolute atomic E-state index is 0.0113. The maximum atomic E-state index is 13.9. The third-order valence-corrected chi connectivity index (χ3v) is 3.43. The minimum Gasteiger partial charge on any atom is -0.309 e. The third kappa shape index (κ3) is 2.81. The van der Waals surface area contributed by atoms with Gasteiger partial charge in [-0.2, -0.15) is 0 Å². The number of nitrogens with one attached hydrogen (secondary N) is 1. The summed E-state index contributed by atoms with van der Waals surface area (Å²) in [7, 11) is 1.60. The first-order valence-electron chi connectivity index (χ1n) is 6.01. The smallest absolute Gasteiger partial charge is 0.161 e. The number of hydrogen-bond acceptors (Lipinski definition) is 1. The fraction of sp³-hybridized carbons (Fsp3) is 0.200. The third-order valence-electron chi connectivity index (χ3n) is 3.11. The summed E-state index contributed by atoms with van der Waals surface area (Å²) in [5, 5.41) is 3.31. The molecule has 0 aliphatic heterocycles. The van der Waals surface area contributed by atoms with E-state index < -0.39 is 23.5 Å². The summed E-state index contributed by atoms with van der Waals surface area (Å²) in [6.45, 7) is 1.88. The Hall–Kier alpha value is -1.52. The quantitative estimate of drug-likeness (QED) is 0.830. The van der Waals surface area contributed by atoms with E-state index in [-0.39, 0.29) is 5.56 Å². The lowest BCUT2D eigenvalue weighted by Gasteiger charge is -2.19. The van der Waals surface area contributed by atoms with Crippen LogP contribution in [0.1, 0.15) is 22.7 Å². The molecule has 106 valence electrons. The van der Waals surface area contributed by atoms with Gasteiger partial charge in [0.05, 0.1) is 6.04 Å². The van der Waals surface area contributed by atoms with Crippen LogP contribution >= 0.6 is 11.6 Å². The Morgan fingerprint density at radius 3 is 2.20 bits per heavy atom. The fourth-order valence-corrected chi connectivity index (χ4v) is 2.45. The van der Waals surface area contributed by atoms with Crippen LogP contribution in [0.15, 0.2) is 30.3 Å². The Balaban J connectivity index is 2.55. The lowest BCUT2D eigenvalue weighted by Crippen LogP contribution is -2.20. The molecule has 1 unspecified atom stereocenters. The SMILES string of the molecule is CNC(c1cc(F)c(F)cc1F)c1ccc(C)cc1Cl. The second-order valence-corrected chi connectivity index (χ2v) is 4.94. The molecule has 0 bridgehead atoms. The zero-order valence-electron chi connectivity index (χ0n) is 11.0. The Labute approximate surface area is 120 Å². The molecule has 0 fully saturated rings. The van der Waals surface area contributed by atoms with E-state index in [0.717, 1.165) is 11.6 Å². The summed E-state index contributed by atoms with van der Waals surface area (Å²) < 4.78 is 40.2. The highest BCUT2D eigenvalue weighted by molar-refractivity contribution is 6.31. The number of halogens is 4. The van der Waals surface area contributed by atoms with Crippen LogP contribution in [-0.4, -0.2) is 7.05 Å². The van der Waals surface area contributed by atoms with Crippen LogP contribution < -0.4 is 5.32 Å². The van der Waals surface area contributed by atoms with Crippen LogP contribution in [0.4, 0.5) is 13.2 Å². The predicted molar refractivity (Wildman–Crippen MR) is 73.4 cm³/mol. The van der Waals surface area contributed by atoms with Crippen molar-refractivity contribution in [2.45, 2.75) is 13.0 Å². The molecular weight excluding hydrogens is 287 g/mol. The van der Waals surface area contributed by atoms with Gasteiger partial charge in [-0.05, 0) is 37.2 Å². The molecule has 2 aromatic carbocycles. The minimum atomic E-state index is -1.21. The van der Waals surface area contributed by atoms with Gasteiger partial charge in [-0.1, -0.05) is 23.7 Å². The monoisotopic (exact) mass is 299 g/mol. The van der Waals surface area contributed by atoms with E-state index in [0.29, 0.717) is 16.7 Å². The average molecular weight is 300 g/mol. The molecule has 1 N–H and O–H groups in total. The molecule has 0 aromatic heterocycles. The Morgan fingerprint density at radius 2 is 1.60 bits per heavy atom. The van der Waals surface area contributed by atoms with E-state index in [1.54, 1.807) is 19.2 Å². The number of hydrogen-bond donors (Lipinski definition) is 1. The van der Waals surface area contributed by atoms with Crippen molar-refractivity contribution in [3.63, 3.8) is 0 Å². The molecule has 2 rings (SSSR count). The average Bonchev–Trinajstić information content (AvgIpc) is 2.38. The van der Waals surface area contributed by atoms with Crippen molar-refractivity contribution >= 4 is 11.6 Å². The molecule has 0 saturated carbocycles. The van der Waals surface area contributed by atoms with Crippen LogP contribution in [0.5, 0.6) is 0 Å². The summed E-state index contributed by atoms with van der Waals surface area (Å²) in [6.07, 6.45) is 0. The second-order valence-electron chi connectivity index (χ2n) is 4.53. The second kappa shape index (κ2) is 5.85. The van der Waals surface area contributed by atoms with Crippen molar-refractivity contribution in [1.82, 2.24) is 5.32 Å². The highest BCUT2D eigenvalue weighted by atomic mass is 35.5. The first-order chi connectivity index (χ1) is 9.43. The largest absolute Gasteiger partial charge is 0.309 e. The Bertz CT molecular complexity index is 643. The van der Waals surface area contributed by atoms with Crippen molar-refractivity contribution in [3.8, 4) is 0 Å². The first kappa shape index (κ1) is 14.9. The van der Waals surface area contributed by atoms with Gasteiger partial charge in [-0.3, -0.25) is 0 Å². The Morgan fingerprint density at radius 1 is 0.950 bits per heavy atom. The van der Waals surface area contributed by atoms with Gasteiger partial charge < -0.3 is 5.32 Å². The van der Waals surface area contributed by atoms with Gasteiger partial charge in [-0.15, -0.1) is 0 Å². The van der Waals surface area contributed by atoms with E-state index in [1.165, 1.54) is 0 Å². The van der Waals surface area contributed by atoms with Crippen LogP contribution in [0.2, 0.25) is 5.02 Å². The fourth-order valence-electron chi connectivity index (χ4n) is 2.10. The van der Waals surface area contributed by atoms with E-state index in [9.17, 15) is 13.2 Å². The molecule has 0 spiro atoms. The molecule has 1 nitrogen and oxygen atoms in total. The molecule has 0 saturated heterocycles. The maximum Gasteiger partial charge on any atom is 0.161 e. The molecule has 0 aliphatic rings. The van der Waals surface area contributed by atoms with E-state index in [2.05, 4.69) is 5.32 Å². The van der Waals surface area contributed by atoms with Gasteiger partial charge in [0.15, 0.2) is 11.6 Å². The van der Waals surface area contributed by atoms with Crippen molar-refractivity contribution in [1.29, 1.82) is 0 Å². The molecule has 20 heavy (non-hydrogen) atoms. The summed E-state index contributed by atoms with van der Waals surface area (Å²) in [6, 6.07) is 6.03. The zero-order valence-corrected chi connectivity index (χ0v) is 11.7. The molecular formula is C15H13ClF3N. The van der Waals surface area contributed by atoms with Crippen molar-refractivity contribution in [2.24, 2.45) is 0 Å². The highest BCUT2D eigenvalue weighted by Gasteiger charge is 2.21. The molecule has 2 aromatic rings. The number of rotatable bonds is 3. The maximum absolute atomic E-state index is 13.9. The zero-order chi connectivity index (χ0) is 14.9. The lowest BCUT2D eigenvalue weighted by atomic mass is 9.97. The van der Waals surface area contributed by atoms with Crippen molar-refractivity contribution < 1.29 is 13.2 Å². The highest BCUT2D eigenvalue weighted by Crippen LogP contribution is 2.31. The van der Waals surface area contributed by atoms with E-state index in [4.69, 9.17) is 11.6 Å². The molecule has 5 heteroatoms. The van der Waals surface area contributed by atoms with Crippen LogP contribution in [0.25, 0.3) is 0 Å². The van der Waals surface area contributed by atoms with Crippen LogP contribution in [0, 0.1) is 24.4 Å². The molecule has 0 aliphatic carbocycles. The van der Waals surface area contributed by atoms with Gasteiger partial charge in [0.1, 0.15) is 5.82 Å². The summed E-state index contributed by atoms with van der Waals surface area (Å²) >= 11 is 6.15. The summed E-state index contributed by atoms with van der Waals surface area (Å²) in [5.41, 5.74) is 1.57. The lowest BCUT2D eigenvalue weighted by molar-refractivity contribution is 0.483. The topological polar surface area (TPSA) is 12.0 Å². The standard InChI is InChI=1S/C15H13ClF3N/c1-8-3-4-9(11(16)5-8)15(20-2)10-6-13(18)14(19)7-12(10)17/h3-7,15,20H,1-2H3. The predicted octanol–water partition coefficient (Wildman–Crippen LogP) is 4.37. The summed E-state index contributed by atoms with van der Waals surface area (Å²) in [4.78, 5) is 0. The van der Waals surface area contributed by atoms with Gasteiger partial charge in [0.2, 0.25) is 0 Å².